The molecule has 0 radical (unpaired) electrons. The summed E-state index contributed by atoms with van der Waals surface area (Å²) in [5.41, 5.74) is 0.207. The minimum atomic E-state index is -0.430. The van der Waals surface area contributed by atoms with E-state index in [9.17, 15) is 9.59 Å². The Morgan fingerprint density at radius 3 is 2.52 bits per heavy atom. The van der Waals surface area contributed by atoms with Crippen molar-refractivity contribution in [1.82, 2.24) is 9.80 Å². The van der Waals surface area contributed by atoms with Gasteiger partial charge in [0.2, 0.25) is 5.91 Å². The summed E-state index contributed by atoms with van der Waals surface area (Å²) in [4.78, 5) is 27.9. The van der Waals surface area contributed by atoms with Gasteiger partial charge in [-0.05, 0) is 19.4 Å². The van der Waals surface area contributed by atoms with Crippen LogP contribution in [0.2, 0.25) is 0 Å². The van der Waals surface area contributed by atoms with Crippen LogP contribution in [0.15, 0.2) is 18.2 Å². The number of nitrogens with one attached hydrogen (secondary N) is 1. The highest BCUT2D eigenvalue weighted by atomic mass is 16.6. The second-order valence-corrected chi connectivity index (χ2v) is 7.19. The summed E-state index contributed by atoms with van der Waals surface area (Å²) in [5, 5.41) is 2.89. The van der Waals surface area contributed by atoms with Crippen LogP contribution in [0.1, 0.15) is 19.3 Å². The third kappa shape index (κ3) is 4.63. The molecule has 27 heavy (non-hydrogen) atoms. The monoisotopic (exact) mass is 377 g/mol. The Labute approximate surface area is 159 Å². The summed E-state index contributed by atoms with van der Waals surface area (Å²) in [5.74, 6) is 1.16. The van der Waals surface area contributed by atoms with Crippen LogP contribution in [0.4, 0.5) is 10.5 Å². The number of likely N-dealkylation sites (N-methyl/N-ethyl adjacent to an activating group) is 1. The number of likely N-dealkylation sites (tertiary alicyclic amines) is 1. The quantitative estimate of drug-likeness (QED) is 0.816. The Hall–Kier alpha value is -2.48. The number of benzene rings is 1. The third-order valence-corrected chi connectivity index (χ3v) is 5.05. The maximum absolute atomic E-state index is 12.4. The number of nitrogens with zero attached hydrogens (tertiary/aromatic N) is 2. The maximum atomic E-state index is 12.4. The van der Waals surface area contributed by atoms with Gasteiger partial charge in [0.15, 0.2) is 0 Å². The molecule has 1 atom stereocenters. The predicted octanol–water partition coefficient (Wildman–Crippen LogP) is 1.95. The van der Waals surface area contributed by atoms with Gasteiger partial charge in [-0.15, -0.1) is 0 Å². The van der Waals surface area contributed by atoms with Gasteiger partial charge >= 0.3 is 6.09 Å². The van der Waals surface area contributed by atoms with Crippen LogP contribution >= 0.6 is 0 Å². The topological polar surface area (TPSA) is 80.3 Å². The minimum Gasteiger partial charge on any atom is -0.497 e. The molecule has 3 rings (SSSR count). The molecule has 1 aromatic rings. The van der Waals surface area contributed by atoms with E-state index in [2.05, 4.69) is 10.2 Å². The Morgan fingerprint density at radius 2 is 1.93 bits per heavy atom. The number of carbonyl (C=O) groups excluding carboxylic acids is 2. The van der Waals surface area contributed by atoms with E-state index in [0.717, 1.165) is 19.4 Å². The van der Waals surface area contributed by atoms with E-state index in [-0.39, 0.29) is 12.0 Å². The molecule has 8 nitrogen and oxygen atoms in total. The largest absolute Gasteiger partial charge is 0.497 e. The van der Waals surface area contributed by atoms with Crippen molar-refractivity contribution in [2.45, 2.75) is 24.9 Å². The Morgan fingerprint density at radius 1 is 1.22 bits per heavy atom. The summed E-state index contributed by atoms with van der Waals surface area (Å²) < 4.78 is 16.0. The molecule has 2 fully saturated rings. The molecule has 148 valence electrons. The standard InChI is InChI=1S/C19H27N3O5/c1-21-12-19(27-18(21)24)6-4-7-22(13-19)8-5-17(23)20-14-9-15(25-2)11-16(10-14)26-3/h9-11H,4-8,12-13H2,1-3H3,(H,20,23)/t19-/m0/s1. The molecule has 0 unspecified atom stereocenters. The third-order valence-electron chi connectivity index (χ3n) is 5.05. The Balaban J connectivity index is 1.53. The second-order valence-electron chi connectivity index (χ2n) is 7.19. The highest BCUT2D eigenvalue weighted by molar-refractivity contribution is 5.91. The highest BCUT2D eigenvalue weighted by Crippen LogP contribution is 2.31. The molecule has 0 saturated carbocycles. The highest BCUT2D eigenvalue weighted by Gasteiger charge is 2.46. The van der Waals surface area contributed by atoms with E-state index in [1.165, 1.54) is 0 Å². The summed E-state index contributed by atoms with van der Waals surface area (Å²) in [6, 6.07) is 5.26. The molecule has 2 heterocycles. The molecule has 8 heteroatoms. The fraction of sp³-hybridized carbons (Fsp3) is 0.579. The zero-order chi connectivity index (χ0) is 19.4. The normalized spacial score (nSPS) is 22.6. The molecule has 0 bridgehead atoms. The maximum Gasteiger partial charge on any atom is 0.410 e. The average molecular weight is 377 g/mol. The predicted molar refractivity (Wildman–Crippen MR) is 100 cm³/mol. The molecule has 1 N–H and O–H groups in total. The summed E-state index contributed by atoms with van der Waals surface area (Å²) in [6.07, 6.45) is 1.92. The first kappa shape index (κ1) is 19.3. The van der Waals surface area contributed by atoms with E-state index in [0.29, 0.717) is 43.2 Å². The van der Waals surface area contributed by atoms with Gasteiger partial charge in [-0.1, -0.05) is 0 Å². The smallest absolute Gasteiger partial charge is 0.410 e. The van der Waals surface area contributed by atoms with Gasteiger partial charge in [0.05, 0.1) is 20.8 Å². The number of hydrogen-bond donors (Lipinski definition) is 1. The molecule has 1 aromatic carbocycles. The van der Waals surface area contributed by atoms with E-state index < -0.39 is 5.60 Å². The number of ether oxygens (including phenoxy) is 3. The van der Waals surface area contributed by atoms with Crippen molar-refractivity contribution in [3.05, 3.63) is 18.2 Å². The zero-order valence-corrected chi connectivity index (χ0v) is 16.1. The summed E-state index contributed by atoms with van der Waals surface area (Å²) in [7, 11) is 4.89. The van der Waals surface area contributed by atoms with Gasteiger partial charge in [0.1, 0.15) is 17.1 Å². The molecular weight excluding hydrogens is 350 g/mol. The van der Waals surface area contributed by atoms with Crippen molar-refractivity contribution in [2.24, 2.45) is 0 Å². The van der Waals surface area contributed by atoms with Crippen LogP contribution in [0.25, 0.3) is 0 Å². The van der Waals surface area contributed by atoms with Gasteiger partial charge < -0.3 is 24.4 Å². The van der Waals surface area contributed by atoms with Crippen molar-refractivity contribution in [3.63, 3.8) is 0 Å². The number of anilines is 1. The first-order valence-corrected chi connectivity index (χ1v) is 9.12. The minimum absolute atomic E-state index is 0.0783. The van der Waals surface area contributed by atoms with Crippen LogP contribution in [-0.2, 0) is 9.53 Å². The fourth-order valence-electron chi connectivity index (χ4n) is 3.75. The van der Waals surface area contributed by atoms with Gasteiger partial charge in [-0.3, -0.25) is 9.69 Å². The number of piperidine rings is 1. The Bertz CT molecular complexity index is 688. The lowest BCUT2D eigenvalue weighted by atomic mass is 9.92. The van der Waals surface area contributed by atoms with Gasteiger partial charge in [0.25, 0.3) is 0 Å². The van der Waals surface area contributed by atoms with Crippen LogP contribution in [0.5, 0.6) is 11.5 Å². The number of rotatable bonds is 6. The molecular formula is C19H27N3O5. The van der Waals surface area contributed by atoms with E-state index in [1.54, 1.807) is 44.4 Å². The lowest BCUT2D eigenvalue weighted by Crippen LogP contribution is -2.50. The van der Waals surface area contributed by atoms with Crippen molar-refractivity contribution >= 4 is 17.7 Å². The number of amides is 2. The molecule has 2 saturated heterocycles. The lowest BCUT2D eigenvalue weighted by molar-refractivity contribution is -0.116. The number of hydrogen-bond acceptors (Lipinski definition) is 6. The zero-order valence-electron chi connectivity index (χ0n) is 16.1. The first-order valence-electron chi connectivity index (χ1n) is 9.12. The van der Waals surface area contributed by atoms with Crippen LogP contribution < -0.4 is 14.8 Å². The van der Waals surface area contributed by atoms with Gasteiger partial charge in [0, 0.05) is 50.4 Å². The average Bonchev–Trinajstić information content (AvgIpc) is 2.92. The van der Waals surface area contributed by atoms with E-state index in [1.807, 2.05) is 0 Å². The molecule has 1 spiro atoms. The fourth-order valence-corrected chi connectivity index (χ4v) is 3.75. The molecule has 2 amide bonds. The van der Waals surface area contributed by atoms with Crippen LogP contribution in [-0.4, -0.2) is 74.8 Å². The second kappa shape index (κ2) is 8.04. The van der Waals surface area contributed by atoms with E-state index in [4.69, 9.17) is 14.2 Å². The van der Waals surface area contributed by atoms with E-state index >= 15 is 0 Å². The summed E-state index contributed by atoms with van der Waals surface area (Å²) in [6.45, 7) is 2.81. The van der Waals surface area contributed by atoms with Crippen LogP contribution in [0.3, 0.4) is 0 Å². The van der Waals surface area contributed by atoms with Crippen LogP contribution in [0, 0.1) is 0 Å². The molecule has 0 aromatic heterocycles. The summed E-state index contributed by atoms with van der Waals surface area (Å²) >= 11 is 0. The Kier molecular flexibility index (Phi) is 5.74. The first-order chi connectivity index (χ1) is 12.9. The molecule has 2 aliphatic rings. The number of carbonyl (C=O) groups is 2. The van der Waals surface area contributed by atoms with Crippen molar-refractivity contribution in [3.8, 4) is 11.5 Å². The lowest BCUT2D eigenvalue weighted by Gasteiger charge is -2.38. The van der Waals surface area contributed by atoms with Gasteiger partial charge in [-0.2, -0.15) is 0 Å². The van der Waals surface area contributed by atoms with Crippen molar-refractivity contribution in [2.75, 3.05) is 52.8 Å². The van der Waals surface area contributed by atoms with Gasteiger partial charge in [-0.25, -0.2) is 4.79 Å². The van der Waals surface area contributed by atoms with Crippen molar-refractivity contribution < 1.29 is 23.8 Å². The molecule has 2 aliphatic heterocycles. The SMILES string of the molecule is COc1cc(NC(=O)CCN2CCC[C@@]3(C2)CN(C)C(=O)O3)cc(OC)c1. The molecule has 0 aliphatic carbocycles. The number of methoxy groups -OCH3 is 2. The van der Waals surface area contributed by atoms with Crippen molar-refractivity contribution in [1.29, 1.82) is 0 Å².